The number of aromatic nitrogens is 9. The standard InChI is InChI=1S/C50H35N3O2.C43H32N4O.C35H24N2O/c1-28-12-9-13-29(2)42(28)49-52-47(51-48(53-49)37-18-11-21-40-43(37)35-15-6-8-20-39(35)54-40)31-24-22-30(23-25-31)32-16-10-17-36-44-41(55-46(32)36)27-26-34-33-14-5-7-19-38(33)50(3,4)45(34)44;1-25-13-5-7-15-28(25)40-45-41(29-16-8-6-14-26(29)2)47-42(46-40)35-22-21-27(24-44-35)32-23-33-30-17-9-11-19-34(30)43(3,4)38(33)37-31-18-10-12-20-36(31)48-39(32)37;1-35(2)26-17-8-6-13-22(26)30-27(35)19-20-29-31(30)24-15-10-16-25(33(24)38-29)34-36-28-18-9-7-14-23(28)32(37-34)21-11-4-3-5-12-21/h5-27H,1-4H3;5-24H,1-4H3;3-20H,1-2H3. The number of aryl methyl sites for hydroxylation is 4. The average Bonchev–Trinajstić information content (AvgIpc) is 1.54. The molecular weight excluding hydrogens is 1730 g/mol. The summed E-state index contributed by atoms with van der Waals surface area (Å²) in [6.07, 6.45) is 1.92. The first kappa shape index (κ1) is 84.0. The molecule has 8 aromatic heterocycles. The SMILES string of the molecule is CC1(C)c2ccccc2-c2c1ccc1oc3c(-c4nc(-c5ccccc5)c5ccccc5n4)cccc3c21.Cc1cccc(C)c1-c1nc(-c2ccc(-c3cccc4c3oc3ccc5c(c34)C(C)(C)c3ccccc3-5)cc2)nc(-c2cccc3oc4ccccc4c23)n1.Cc1ccccc1-c1nc(-c2ccc(-c3cc4c(c5c3oc3ccccc35)C(C)(C)c3ccccc3-4)cn2)nc(-c2ccccc2C)n1. The van der Waals surface area contributed by atoms with Gasteiger partial charge < -0.3 is 17.7 Å². The molecule has 25 aromatic rings. The van der Waals surface area contributed by atoms with Crippen LogP contribution in [0.2, 0.25) is 0 Å². The second-order valence-electron chi connectivity index (χ2n) is 39.0. The molecule has 672 valence electrons. The average molecular weight is 1820 g/mol. The summed E-state index contributed by atoms with van der Waals surface area (Å²) in [4.78, 5) is 45.4. The highest BCUT2D eigenvalue weighted by Crippen LogP contribution is 2.59. The van der Waals surface area contributed by atoms with Crippen molar-refractivity contribution in [1.29, 1.82) is 0 Å². The topological polar surface area (TPSA) is 169 Å². The molecule has 28 rings (SSSR count). The van der Waals surface area contributed by atoms with Crippen molar-refractivity contribution in [2.24, 2.45) is 0 Å². The molecule has 0 saturated heterocycles. The predicted molar refractivity (Wildman–Crippen MR) is 572 cm³/mol. The normalized spacial score (nSPS) is 13.3. The van der Waals surface area contributed by atoms with Crippen molar-refractivity contribution >= 4 is 98.7 Å². The van der Waals surface area contributed by atoms with Gasteiger partial charge in [-0.2, -0.15) is 0 Å². The fraction of sp³-hybridized carbons (Fsp3) is 0.102. The van der Waals surface area contributed by atoms with Crippen LogP contribution in [0.4, 0.5) is 0 Å². The maximum Gasteiger partial charge on any atom is 0.182 e. The van der Waals surface area contributed by atoms with Crippen LogP contribution in [0, 0.1) is 27.7 Å². The van der Waals surface area contributed by atoms with Crippen LogP contribution in [0.25, 0.3) is 245 Å². The third-order valence-electron chi connectivity index (χ3n) is 29.6. The van der Waals surface area contributed by atoms with E-state index < -0.39 is 0 Å². The molecule has 0 N–H and O–H groups in total. The van der Waals surface area contributed by atoms with Gasteiger partial charge in [0.05, 0.1) is 16.8 Å². The van der Waals surface area contributed by atoms with Gasteiger partial charge in [-0.25, -0.2) is 39.9 Å². The molecule has 0 aliphatic heterocycles. The number of hydrogen-bond acceptors (Lipinski definition) is 13. The highest BCUT2D eigenvalue weighted by atomic mass is 16.3. The third kappa shape index (κ3) is 13.4. The highest BCUT2D eigenvalue weighted by molar-refractivity contribution is 6.20. The maximum atomic E-state index is 6.74. The lowest BCUT2D eigenvalue weighted by atomic mass is 9.80. The largest absolute Gasteiger partial charge is 0.456 e. The molecule has 0 atom stereocenters. The summed E-state index contributed by atoms with van der Waals surface area (Å²) < 4.78 is 26.3. The molecule has 0 unspecified atom stereocenters. The lowest BCUT2D eigenvalue weighted by Gasteiger charge is -2.22. The van der Waals surface area contributed by atoms with Crippen LogP contribution >= 0.6 is 0 Å². The van der Waals surface area contributed by atoms with E-state index in [9.17, 15) is 0 Å². The Hall–Kier alpha value is -17.6. The lowest BCUT2D eigenvalue weighted by Crippen LogP contribution is -2.15. The Labute approximate surface area is 813 Å². The number of furan rings is 4. The van der Waals surface area contributed by atoms with E-state index in [-0.39, 0.29) is 16.2 Å². The minimum Gasteiger partial charge on any atom is -0.456 e. The first-order chi connectivity index (χ1) is 68.8. The van der Waals surface area contributed by atoms with E-state index >= 15 is 0 Å². The Kier molecular flexibility index (Phi) is 19.2. The van der Waals surface area contributed by atoms with E-state index in [1.54, 1.807) is 0 Å². The molecule has 0 spiro atoms. The molecule has 0 radical (unpaired) electrons. The fourth-order valence-electron chi connectivity index (χ4n) is 22.8. The Balaban J connectivity index is 0.000000110. The number of rotatable bonds is 10. The lowest BCUT2D eigenvalue weighted by molar-refractivity contribution is 0.656. The zero-order chi connectivity index (χ0) is 95.0. The maximum absolute atomic E-state index is 6.74. The van der Waals surface area contributed by atoms with Crippen LogP contribution < -0.4 is 0 Å². The Morgan fingerprint density at radius 2 is 0.660 bits per heavy atom. The Morgan fingerprint density at radius 3 is 1.34 bits per heavy atom. The van der Waals surface area contributed by atoms with Crippen LogP contribution in [0.5, 0.6) is 0 Å². The summed E-state index contributed by atoms with van der Waals surface area (Å²) in [6.45, 7) is 22.3. The van der Waals surface area contributed by atoms with E-state index in [1.807, 2.05) is 103 Å². The minimum absolute atomic E-state index is 0.0621. The number of benzene rings is 17. The molecule has 17 aromatic carbocycles. The first-order valence-electron chi connectivity index (χ1n) is 48.1. The van der Waals surface area contributed by atoms with Crippen molar-refractivity contribution < 1.29 is 17.7 Å². The number of nitrogens with zero attached hydrogens (tertiary/aromatic N) is 9. The molecule has 3 aliphatic rings. The van der Waals surface area contributed by atoms with Crippen molar-refractivity contribution in [2.45, 2.75) is 85.5 Å². The molecule has 0 bridgehead atoms. The van der Waals surface area contributed by atoms with Gasteiger partial charge in [0.15, 0.2) is 40.8 Å². The van der Waals surface area contributed by atoms with Gasteiger partial charge in [-0.05, 0) is 177 Å². The van der Waals surface area contributed by atoms with Gasteiger partial charge in [-0.3, -0.25) is 4.98 Å². The van der Waals surface area contributed by atoms with Crippen molar-refractivity contribution in [3.05, 3.63) is 426 Å². The molecule has 13 heteroatoms. The van der Waals surface area contributed by atoms with Gasteiger partial charge in [-0.1, -0.05) is 351 Å². The summed E-state index contributed by atoms with van der Waals surface area (Å²) in [5.41, 5.74) is 40.1. The van der Waals surface area contributed by atoms with Gasteiger partial charge in [0, 0.05) is 121 Å². The van der Waals surface area contributed by atoms with Crippen LogP contribution in [0.3, 0.4) is 0 Å². The molecular formula is C128H91N9O4. The summed E-state index contributed by atoms with van der Waals surface area (Å²) in [5.74, 6) is 4.33. The number of pyridine rings is 1. The molecule has 13 nitrogen and oxygen atoms in total. The highest BCUT2D eigenvalue weighted by Gasteiger charge is 2.42. The third-order valence-corrected chi connectivity index (χ3v) is 29.6. The molecule has 141 heavy (non-hydrogen) atoms. The van der Waals surface area contributed by atoms with Crippen LogP contribution in [-0.4, -0.2) is 44.9 Å². The van der Waals surface area contributed by atoms with E-state index in [0.717, 1.165) is 172 Å². The molecule has 8 heterocycles. The smallest absolute Gasteiger partial charge is 0.182 e. The summed E-state index contributed by atoms with van der Waals surface area (Å²) in [5, 5.41) is 9.97. The van der Waals surface area contributed by atoms with Gasteiger partial charge in [0.25, 0.3) is 0 Å². The Bertz CT molecular complexity index is 9440. The summed E-state index contributed by atoms with van der Waals surface area (Å²) in [6, 6.07) is 126. The van der Waals surface area contributed by atoms with E-state index in [4.69, 9.17) is 62.5 Å². The molecule has 0 fully saturated rings. The number of hydrogen-bond donors (Lipinski definition) is 0. The monoisotopic (exact) mass is 1820 g/mol. The predicted octanol–water partition coefficient (Wildman–Crippen LogP) is 33.2. The van der Waals surface area contributed by atoms with Gasteiger partial charge in [-0.15, -0.1) is 0 Å². The van der Waals surface area contributed by atoms with Crippen molar-refractivity contribution in [3.8, 4) is 147 Å². The first-order valence-corrected chi connectivity index (χ1v) is 48.1. The van der Waals surface area contributed by atoms with E-state index in [2.05, 4.69) is 336 Å². The second-order valence-corrected chi connectivity index (χ2v) is 39.0. The van der Waals surface area contributed by atoms with Crippen molar-refractivity contribution in [1.82, 2.24) is 44.9 Å². The molecule has 0 saturated carbocycles. The molecule has 3 aliphatic carbocycles. The van der Waals surface area contributed by atoms with Crippen molar-refractivity contribution in [2.75, 3.05) is 0 Å². The zero-order valence-corrected chi connectivity index (χ0v) is 79.4. The van der Waals surface area contributed by atoms with Gasteiger partial charge in [0.1, 0.15) is 50.4 Å². The van der Waals surface area contributed by atoms with E-state index in [1.165, 1.54) is 82.9 Å². The van der Waals surface area contributed by atoms with Crippen LogP contribution in [0.15, 0.2) is 388 Å². The summed E-state index contributed by atoms with van der Waals surface area (Å²) >= 11 is 0. The number of fused-ring (bicyclic) bond motifs is 25. The van der Waals surface area contributed by atoms with E-state index in [0.29, 0.717) is 46.5 Å². The molecule has 0 amide bonds. The number of para-hydroxylation sites is 5. The summed E-state index contributed by atoms with van der Waals surface area (Å²) in [7, 11) is 0. The van der Waals surface area contributed by atoms with Crippen molar-refractivity contribution in [3.63, 3.8) is 0 Å². The minimum atomic E-state index is -0.167. The quantitative estimate of drug-likeness (QED) is 0.127. The van der Waals surface area contributed by atoms with Gasteiger partial charge in [0.2, 0.25) is 0 Å². The Morgan fingerprint density at radius 1 is 0.213 bits per heavy atom. The van der Waals surface area contributed by atoms with Gasteiger partial charge >= 0.3 is 0 Å². The second kappa shape index (κ2) is 32.3. The van der Waals surface area contributed by atoms with Crippen LogP contribution in [-0.2, 0) is 16.2 Å². The fourth-order valence-corrected chi connectivity index (χ4v) is 22.8. The van der Waals surface area contributed by atoms with Crippen LogP contribution in [0.1, 0.15) is 97.2 Å². The zero-order valence-electron chi connectivity index (χ0n) is 79.4.